The zero-order chi connectivity index (χ0) is 12.7. The zero-order valence-electron chi connectivity index (χ0n) is 9.27. The molecule has 0 atom stereocenters. The first kappa shape index (κ1) is 13.6. The number of nitrogens with zero attached hydrogens (tertiary/aromatic N) is 1. The molecule has 1 heterocycles. The summed E-state index contributed by atoms with van der Waals surface area (Å²) in [5, 5.41) is 17.8. The van der Waals surface area contributed by atoms with Crippen molar-refractivity contribution in [3.63, 3.8) is 0 Å². The lowest BCUT2D eigenvalue weighted by atomic mass is 10.2. The van der Waals surface area contributed by atoms with E-state index in [4.69, 9.17) is 17.3 Å². The van der Waals surface area contributed by atoms with Crippen molar-refractivity contribution in [3.05, 3.63) is 22.4 Å². The van der Waals surface area contributed by atoms with Crippen LogP contribution in [0.5, 0.6) is 0 Å². The molecule has 0 fully saturated rings. The highest BCUT2D eigenvalue weighted by Crippen LogP contribution is 2.13. The van der Waals surface area contributed by atoms with Gasteiger partial charge in [0, 0.05) is 13.5 Å². The summed E-state index contributed by atoms with van der Waals surface area (Å²) in [6.07, 6.45) is 0.417. The first-order valence-electron chi connectivity index (χ1n) is 4.93. The number of hydrogen-bond donors (Lipinski definition) is 3. The van der Waals surface area contributed by atoms with Gasteiger partial charge in [0.15, 0.2) is 5.11 Å². The topological polar surface area (TPSA) is 73.7 Å². The molecule has 1 aromatic heterocycles. The van der Waals surface area contributed by atoms with Gasteiger partial charge in [-0.2, -0.15) is 5.10 Å². The third kappa shape index (κ3) is 4.92. The van der Waals surface area contributed by atoms with Crippen molar-refractivity contribution in [2.45, 2.75) is 12.8 Å². The summed E-state index contributed by atoms with van der Waals surface area (Å²) in [4.78, 5) is 11.5. The Kier molecular flexibility index (Phi) is 5.58. The molecule has 0 aliphatic carbocycles. The highest BCUT2D eigenvalue weighted by atomic mass is 32.1. The van der Waals surface area contributed by atoms with E-state index in [0.29, 0.717) is 17.2 Å². The van der Waals surface area contributed by atoms with Crippen molar-refractivity contribution >= 4 is 40.3 Å². The van der Waals surface area contributed by atoms with Crippen LogP contribution in [-0.4, -0.2) is 28.9 Å². The summed E-state index contributed by atoms with van der Waals surface area (Å²) in [5.74, 6) is -0.842. The molecule has 0 bridgehead atoms. The van der Waals surface area contributed by atoms with E-state index in [1.807, 2.05) is 17.5 Å². The van der Waals surface area contributed by atoms with Crippen LogP contribution < -0.4 is 10.7 Å². The number of hydrogen-bond acceptors (Lipinski definition) is 4. The Bertz CT molecular complexity index is 415. The Balaban J connectivity index is 2.72. The summed E-state index contributed by atoms with van der Waals surface area (Å²) >= 11 is 6.41. The number of carboxylic acids is 1. The minimum absolute atomic E-state index is 0.0464. The fraction of sp³-hybridized carbons (Fsp3) is 0.300. The molecule has 1 rings (SSSR count). The van der Waals surface area contributed by atoms with E-state index in [0.717, 1.165) is 4.88 Å². The minimum Gasteiger partial charge on any atom is -0.481 e. The second-order valence-corrected chi connectivity index (χ2v) is 4.48. The van der Waals surface area contributed by atoms with Gasteiger partial charge >= 0.3 is 5.97 Å². The predicted octanol–water partition coefficient (Wildman–Crippen LogP) is 1.41. The van der Waals surface area contributed by atoms with Crippen LogP contribution in [0.1, 0.15) is 17.7 Å². The first-order valence-corrected chi connectivity index (χ1v) is 6.22. The van der Waals surface area contributed by atoms with Crippen LogP contribution in [0.4, 0.5) is 0 Å². The van der Waals surface area contributed by atoms with Crippen molar-refractivity contribution in [3.8, 4) is 0 Å². The van der Waals surface area contributed by atoms with Crippen LogP contribution in [0, 0.1) is 0 Å². The molecule has 0 aromatic carbocycles. The molecule has 0 amide bonds. The molecule has 3 N–H and O–H groups in total. The molecule has 0 radical (unpaired) electrons. The number of thiocarbonyl (C=S) groups is 1. The van der Waals surface area contributed by atoms with Crippen LogP contribution in [0.3, 0.4) is 0 Å². The molecule has 92 valence electrons. The summed E-state index contributed by atoms with van der Waals surface area (Å²) < 4.78 is 0. The van der Waals surface area contributed by atoms with Crippen molar-refractivity contribution < 1.29 is 9.90 Å². The summed E-state index contributed by atoms with van der Waals surface area (Å²) in [7, 11) is 1.69. The fourth-order valence-corrected chi connectivity index (χ4v) is 1.87. The quantitative estimate of drug-likeness (QED) is 0.429. The first-order chi connectivity index (χ1) is 8.13. The SMILES string of the molecule is CNC(=S)NN=C(CCC(=O)O)c1cccs1. The highest BCUT2D eigenvalue weighted by molar-refractivity contribution is 7.80. The Hall–Kier alpha value is -1.47. The number of aliphatic carboxylic acids is 1. The van der Waals surface area contributed by atoms with Gasteiger partial charge in [0.25, 0.3) is 0 Å². The van der Waals surface area contributed by atoms with E-state index in [2.05, 4.69) is 15.8 Å². The van der Waals surface area contributed by atoms with Crippen LogP contribution in [0.15, 0.2) is 22.6 Å². The van der Waals surface area contributed by atoms with Gasteiger partial charge in [-0.05, 0) is 23.7 Å². The molecular weight excluding hydrogens is 258 g/mol. The number of carbonyl (C=O) groups is 1. The second kappa shape index (κ2) is 6.97. The van der Waals surface area contributed by atoms with Crippen LogP contribution in [0.2, 0.25) is 0 Å². The Morgan fingerprint density at radius 2 is 2.35 bits per heavy atom. The maximum Gasteiger partial charge on any atom is 0.303 e. The van der Waals surface area contributed by atoms with Crippen LogP contribution in [-0.2, 0) is 4.79 Å². The monoisotopic (exact) mass is 271 g/mol. The number of carboxylic acid groups (broad SMARTS) is 1. The van der Waals surface area contributed by atoms with Crippen molar-refractivity contribution in [2.75, 3.05) is 7.05 Å². The van der Waals surface area contributed by atoms with Crippen molar-refractivity contribution in [1.29, 1.82) is 0 Å². The van der Waals surface area contributed by atoms with Gasteiger partial charge in [-0.15, -0.1) is 11.3 Å². The lowest BCUT2D eigenvalue weighted by Crippen LogP contribution is -2.29. The number of rotatable bonds is 5. The average Bonchev–Trinajstić information content (AvgIpc) is 2.81. The van der Waals surface area contributed by atoms with Crippen molar-refractivity contribution in [2.24, 2.45) is 5.10 Å². The van der Waals surface area contributed by atoms with Gasteiger partial charge in [0.2, 0.25) is 0 Å². The van der Waals surface area contributed by atoms with Gasteiger partial charge in [0.05, 0.1) is 17.0 Å². The summed E-state index contributed by atoms with van der Waals surface area (Å²) in [5.41, 5.74) is 3.36. The molecule has 0 saturated carbocycles. The van der Waals surface area contributed by atoms with E-state index in [1.165, 1.54) is 11.3 Å². The van der Waals surface area contributed by atoms with Crippen molar-refractivity contribution in [1.82, 2.24) is 10.7 Å². The molecule has 0 aliphatic rings. The fourth-order valence-electron chi connectivity index (χ4n) is 1.08. The van der Waals surface area contributed by atoms with E-state index in [1.54, 1.807) is 7.05 Å². The van der Waals surface area contributed by atoms with Gasteiger partial charge in [-0.1, -0.05) is 6.07 Å². The lowest BCUT2D eigenvalue weighted by molar-refractivity contribution is -0.136. The number of nitrogens with one attached hydrogen (secondary N) is 2. The lowest BCUT2D eigenvalue weighted by Gasteiger charge is -2.05. The average molecular weight is 271 g/mol. The van der Waals surface area contributed by atoms with E-state index in [9.17, 15) is 4.79 Å². The highest BCUT2D eigenvalue weighted by Gasteiger charge is 2.08. The van der Waals surface area contributed by atoms with Gasteiger partial charge in [-0.25, -0.2) is 0 Å². The molecule has 0 spiro atoms. The predicted molar refractivity (Wildman–Crippen MR) is 72.5 cm³/mol. The van der Waals surface area contributed by atoms with E-state index in [-0.39, 0.29) is 6.42 Å². The molecule has 5 nitrogen and oxygen atoms in total. The normalized spacial score (nSPS) is 11.0. The number of hydrazone groups is 1. The molecule has 1 aromatic rings. The largest absolute Gasteiger partial charge is 0.481 e. The van der Waals surface area contributed by atoms with Gasteiger partial charge < -0.3 is 10.4 Å². The minimum atomic E-state index is -0.842. The molecular formula is C10H13N3O2S2. The third-order valence-corrected chi connectivity index (χ3v) is 3.12. The van der Waals surface area contributed by atoms with Gasteiger partial charge in [-0.3, -0.25) is 10.2 Å². The molecule has 0 unspecified atom stereocenters. The zero-order valence-corrected chi connectivity index (χ0v) is 10.9. The Morgan fingerprint density at radius 1 is 1.59 bits per heavy atom. The summed E-state index contributed by atoms with van der Waals surface area (Å²) in [6.45, 7) is 0. The molecule has 0 aliphatic heterocycles. The molecule has 7 heteroatoms. The smallest absolute Gasteiger partial charge is 0.303 e. The summed E-state index contributed by atoms with van der Waals surface area (Å²) in [6, 6.07) is 3.79. The Labute approximate surface area is 109 Å². The van der Waals surface area contributed by atoms with Crippen LogP contribution >= 0.6 is 23.6 Å². The maximum absolute atomic E-state index is 10.6. The Morgan fingerprint density at radius 3 is 2.88 bits per heavy atom. The van der Waals surface area contributed by atoms with E-state index >= 15 is 0 Å². The van der Waals surface area contributed by atoms with Gasteiger partial charge in [0.1, 0.15) is 0 Å². The third-order valence-electron chi connectivity index (χ3n) is 1.90. The molecule has 0 saturated heterocycles. The molecule has 17 heavy (non-hydrogen) atoms. The van der Waals surface area contributed by atoms with E-state index < -0.39 is 5.97 Å². The number of thiophene rings is 1. The van der Waals surface area contributed by atoms with Crippen LogP contribution in [0.25, 0.3) is 0 Å². The standard InChI is InChI=1S/C10H13N3O2S2/c1-11-10(16)13-12-7(4-5-9(14)15)8-3-2-6-17-8/h2-3,6H,4-5H2,1H3,(H,14,15)(H2,11,13,16). The maximum atomic E-state index is 10.6. The second-order valence-electron chi connectivity index (χ2n) is 3.12.